The zero-order chi connectivity index (χ0) is 24.0. The minimum absolute atomic E-state index is 0.0769. The van der Waals surface area contributed by atoms with Gasteiger partial charge in [0.2, 0.25) is 0 Å². The van der Waals surface area contributed by atoms with E-state index in [0.717, 1.165) is 44.1 Å². The lowest BCUT2D eigenvalue weighted by atomic mass is 10.1. The number of nitrogens with zero attached hydrogens (tertiary/aromatic N) is 1. The number of carbonyl (C=O) groups is 1. The van der Waals surface area contributed by atoms with Crippen LogP contribution >= 0.6 is 15.9 Å². The molecule has 5 nitrogen and oxygen atoms in total. The smallest absolute Gasteiger partial charge is 0.262 e. The van der Waals surface area contributed by atoms with Gasteiger partial charge >= 0.3 is 0 Å². The Hall–Kier alpha value is -4.16. The fraction of sp³-hybridized carbons (Fsp3) is 0.0345. The largest absolute Gasteiger partial charge is 0.484 e. The normalized spacial score (nSPS) is 10.7. The lowest BCUT2D eigenvalue weighted by Crippen LogP contribution is -2.20. The van der Waals surface area contributed by atoms with Gasteiger partial charge in [0.15, 0.2) is 6.61 Å². The average molecular weight is 524 g/mol. The Morgan fingerprint density at radius 3 is 2.06 bits per heavy atom. The number of amides is 1. The van der Waals surface area contributed by atoms with Crippen LogP contribution in [0, 0.1) is 0 Å². The van der Waals surface area contributed by atoms with Crippen LogP contribution < -0.4 is 10.1 Å². The number of imidazole rings is 1. The third-order valence-corrected chi connectivity index (χ3v) is 5.97. The zero-order valence-corrected chi connectivity index (χ0v) is 20.3. The SMILES string of the molecule is O=C(COc1ccc(-c2nc(-c3ccccc3)c(-c3ccccc3)[nH]2)cc1)Nc1ccc(Br)cc1. The van der Waals surface area contributed by atoms with E-state index < -0.39 is 0 Å². The Bertz CT molecular complexity index is 1360. The van der Waals surface area contributed by atoms with Crippen molar-refractivity contribution < 1.29 is 9.53 Å². The van der Waals surface area contributed by atoms with Crippen molar-refractivity contribution in [1.29, 1.82) is 0 Å². The van der Waals surface area contributed by atoms with Crippen LogP contribution in [0.25, 0.3) is 33.9 Å². The summed E-state index contributed by atoms with van der Waals surface area (Å²) in [6, 6.07) is 35.3. The van der Waals surface area contributed by atoms with E-state index in [4.69, 9.17) is 9.72 Å². The van der Waals surface area contributed by atoms with E-state index in [0.29, 0.717) is 5.75 Å². The number of halogens is 1. The number of anilines is 1. The minimum atomic E-state index is -0.220. The molecule has 0 saturated carbocycles. The van der Waals surface area contributed by atoms with Crippen molar-refractivity contribution in [3.63, 3.8) is 0 Å². The van der Waals surface area contributed by atoms with Gasteiger partial charge in [-0.3, -0.25) is 4.79 Å². The van der Waals surface area contributed by atoms with Gasteiger partial charge in [0.1, 0.15) is 11.6 Å². The van der Waals surface area contributed by atoms with Crippen molar-refractivity contribution in [1.82, 2.24) is 9.97 Å². The molecule has 1 aromatic heterocycles. The first kappa shape index (κ1) is 22.6. The second-order valence-electron chi connectivity index (χ2n) is 7.91. The van der Waals surface area contributed by atoms with E-state index in [1.165, 1.54) is 0 Å². The number of hydrogen-bond donors (Lipinski definition) is 2. The highest BCUT2D eigenvalue weighted by atomic mass is 79.9. The number of rotatable bonds is 7. The molecule has 172 valence electrons. The summed E-state index contributed by atoms with van der Waals surface area (Å²) in [5.41, 5.74) is 5.63. The summed E-state index contributed by atoms with van der Waals surface area (Å²) < 4.78 is 6.62. The Morgan fingerprint density at radius 2 is 1.40 bits per heavy atom. The highest BCUT2D eigenvalue weighted by molar-refractivity contribution is 9.10. The number of nitrogens with one attached hydrogen (secondary N) is 2. The van der Waals surface area contributed by atoms with Crippen molar-refractivity contribution in [2.45, 2.75) is 0 Å². The number of benzene rings is 4. The van der Waals surface area contributed by atoms with Crippen molar-refractivity contribution in [2.24, 2.45) is 0 Å². The molecule has 0 radical (unpaired) electrons. The lowest BCUT2D eigenvalue weighted by molar-refractivity contribution is -0.118. The molecule has 4 aromatic carbocycles. The number of hydrogen-bond acceptors (Lipinski definition) is 3. The molecular weight excluding hydrogens is 502 g/mol. The third kappa shape index (κ3) is 5.50. The van der Waals surface area contributed by atoms with Gasteiger partial charge in [0.25, 0.3) is 5.91 Å². The first-order valence-corrected chi connectivity index (χ1v) is 11.9. The average Bonchev–Trinajstić information content (AvgIpc) is 3.36. The van der Waals surface area contributed by atoms with Gasteiger partial charge in [-0.25, -0.2) is 4.98 Å². The molecule has 0 aliphatic carbocycles. The molecule has 0 bridgehead atoms. The Labute approximate surface area is 212 Å². The van der Waals surface area contributed by atoms with Crippen LogP contribution in [-0.4, -0.2) is 22.5 Å². The maximum absolute atomic E-state index is 12.2. The van der Waals surface area contributed by atoms with Gasteiger partial charge in [-0.05, 0) is 48.5 Å². The van der Waals surface area contributed by atoms with E-state index in [1.54, 1.807) is 0 Å². The Kier molecular flexibility index (Phi) is 6.73. The van der Waals surface area contributed by atoms with Crippen LogP contribution in [0.4, 0.5) is 5.69 Å². The predicted octanol–water partition coefficient (Wildman–Crippen LogP) is 7.19. The molecule has 5 rings (SSSR count). The van der Waals surface area contributed by atoms with Crippen LogP contribution in [0.3, 0.4) is 0 Å². The van der Waals surface area contributed by atoms with E-state index in [-0.39, 0.29) is 12.5 Å². The molecule has 0 spiro atoms. The highest BCUT2D eigenvalue weighted by Gasteiger charge is 2.15. The molecule has 6 heteroatoms. The third-order valence-electron chi connectivity index (χ3n) is 5.44. The monoisotopic (exact) mass is 523 g/mol. The first-order chi connectivity index (χ1) is 17.2. The highest BCUT2D eigenvalue weighted by Crippen LogP contribution is 2.33. The van der Waals surface area contributed by atoms with Crippen molar-refractivity contribution >= 4 is 27.5 Å². The first-order valence-electron chi connectivity index (χ1n) is 11.2. The molecule has 0 atom stereocenters. The molecule has 2 N–H and O–H groups in total. The second-order valence-corrected chi connectivity index (χ2v) is 8.82. The van der Waals surface area contributed by atoms with Gasteiger partial charge < -0.3 is 15.0 Å². The molecule has 0 fully saturated rings. The summed E-state index contributed by atoms with van der Waals surface area (Å²) in [5.74, 6) is 1.16. The molecule has 0 unspecified atom stereocenters. The van der Waals surface area contributed by atoms with Crippen molar-refractivity contribution in [3.8, 4) is 39.7 Å². The Balaban J connectivity index is 1.32. The quantitative estimate of drug-likeness (QED) is 0.237. The van der Waals surface area contributed by atoms with Gasteiger partial charge in [-0.2, -0.15) is 0 Å². The van der Waals surface area contributed by atoms with Crippen LogP contribution in [0.5, 0.6) is 5.75 Å². The summed E-state index contributed by atoms with van der Waals surface area (Å²) in [5, 5.41) is 2.82. The number of carbonyl (C=O) groups excluding carboxylic acids is 1. The van der Waals surface area contributed by atoms with Crippen molar-refractivity contribution in [3.05, 3.63) is 114 Å². The van der Waals surface area contributed by atoms with Crippen LogP contribution in [0.1, 0.15) is 0 Å². The summed E-state index contributed by atoms with van der Waals surface area (Å²) in [6.07, 6.45) is 0. The van der Waals surface area contributed by atoms with Gasteiger partial charge in [-0.1, -0.05) is 76.6 Å². The Morgan fingerprint density at radius 1 is 0.771 bits per heavy atom. The minimum Gasteiger partial charge on any atom is -0.484 e. The zero-order valence-electron chi connectivity index (χ0n) is 18.7. The molecular formula is C29H22BrN3O2. The second kappa shape index (κ2) is 10.4. The van der Waals surface area contributed by atoms with E-state index in [1.807, 2.05) is 84.9 Å². The van der Waals surface area contributed by atoms with Gasteiger partial charge in [-0.15, -0.1) is 0 Å². The fourth-order valence-electron chi connectivity index (χ4n) is 3.72. The molecule has 35 heavy (non-hydrogen) atoms. The fourth-order valence-corrected chi connectivity index (χ4v) is 3.98. The number of H-pyrrole nitrogens is 1. The summed E-state index contributed by atoms with van der Waals surface area (Å²) in [6.45, 7) is -0.0769. The maximum atomic E-state index is 12.2. The van der Waals surface area contributed by atoms with Gasteiger partial charge in [0, 0.05) is 26.9 Å². The maximum Gasteiger partial charge on any atom is 0.262 e. The summed E-state index contributed by atoms with van der Waals surface area (Å²) in [7, 11) is 0. The summed E-state index contributed by atoms with van der Waals surface area (Å²) >= 11 is 3.38. The molecule has 0 saturated heterocycles. The van der Waals surface area contributed by atoms with E-state index in [2.05, 4.69) is 50.5 Å². The van der Waals surface area contributed by atoms with Crippen LogP contribution in [0.2, 0.25) is 0 Å². The van der Waals surface area contributed by atoms with Crippen molar-refractivity contribution in [2.75, 3.05) is 11.9 Å². The number of aromatic amines is 1. The number of aromatic nitrogens is 2. The topological polar surface area (TPSA) is 67.0 Å². The predicted molar refractivity (Wildman–Crippen MR) is 143 cm³/mol. The summed E-state index contributed by atoms with van der Waals surface area (Å²) in [4.78, 5) is 20.6. The van der Waals surface area contributed by atoms with Gasteiger partial charge in [0.05, 0.1) is 11.4 Å². The molecule has 0 aliphatic heterocycles. The van der Waals surface area contributed by atoms with E-state index >= 15 is 0 Å². The molecule has 1 amide bonds. The number of ether oxygens (including phenoxy) is 1. The van der Waals surface area contributed by atoms with Crippen LogP contribution in [0.15, 0.2) is 114 Å². The molecule has 0 aliphatic rings. The molecule has 5 aromatic rings. The molecule has 1 heterocycles. The standard InChI is InChI=1S/C29H22BrN3O2/c30-23-13-15-24(16-14-23)31-26(34)19-35-25-17-11-22(12-18-25)29-32-27(20-7-3-1-4-8-20)28(33-29)21-9-5-2-6-10-21/h1-18H,19H2,(H,31,34)(H,32,33). The van der Waals surface area contributed by atoms with Crippen LogP contribution in [-0.2, 0) is 4.79 Å². The lowest BCUT2D eigenvalue weighted by Gasteiger charge is -2.08. The van der Waals surface area contributed by atoms with E-state index in [9.17, 15) is 4.79 Å².